The first-order valence-electron chi connectivity index (χ1n) is 5.58. The first-order valence-corrected chi connectivity index (χ1v) is 7.40. The predicted octanol–water partition coefficient (Wildman–Crippen LogP) is -0.303. The van der Waals surface area contributed by atoms with Crippen molar-refractivity contribution < 1.29 is 23.1 Å². The SMILES string of the molecule is O=C(O)c1ccc(C(=O)NC2CCS(=O)(=O)C2)nc1. The maximum Gasteiger partial charge on any atom is 0.337 e. The molecule has 0 saturated carbocycles. The van der Waals surface area contributed by atoms with Crippen LogP contribution in [-0.2, 0) is 9.84 Å². The standard InChI is InChI=1S/C11H12N2O5S/c14-10(13-8-3-4-19(17,18)6-8)9-2-1-7(5-12-9)11(15)16/h1-2,5,8H,3-4,6H2,(H,13,14)(H,15,16). The molecule has 0 aromatic carbocycles. The summed E-state index contributed by atoms with van der Waals surface area (Å²) in [7, 11) is -3.05. The van der Waals surface area contributed by atoms with Crippen LogP contribution in [0.2, 0.25) is 0 Å². The van der Waals surface area contributed by atoms with E-state index in [0.29, 0.717) is 6.42 Å². The van der Waals surface area contributed by atoms with Crippen LogP contribution in [0, 0.1) is 0 Å². The van der Waals surface area contributed by atoms with Crippen molar-refractivity contribution >= 4 is 21.7 Å². The number of nitrogens with one attached hydrogen (secondary N) is 1. The Labute approximate surface area is 109 Å². The summed E-state index contributed by atoms with van der Waals surface area (Å²) >= 11 is 0. The summed E-state index contributed by atoms with van der Waals surface area (Å²) in [6.45, 7) is 0. The van der Waals surface area contributed by atoms with Gasteiger partial charge in [0.2, 0.25) is 0 Å². The van der Waals surface area contributed by atoms with Crippen LogP contribution in [0.25, 0.3) is 0 Å². The van der Waals surface area contributed by atoms with E-state index in [0.717, 1.165) is 6.20 Å². The number of hydrogen-bond acceptors (Lipinski definition) is 5. The molecule has 1 saturated heterocycles. The van der Waals surface area contributed by atoms with E-state index in [2.05, 4.69) is 10.3 Å². The van der Waals surface area contributed by atoms with Gasteiger partial charge in [-0.2, -0.15) is 0 Å². The monoisotopic (exact) mass is 284 g/mol. The molecule has 7 nitrogen and oxygen atoms in total. The summed E-state index contributed by atoms with van der Waals surface area (Å²) in [5, 5.41) is 11.3. The lowest BCUT2D eigenvalue weighted by molar-refractivity contribution is 0.0695. The lowest BCUT2D eigenvalue weighted by atomic mass is 10.2. The molecule has 0 bridgehead atoms. The second-order valence-electron chi connectivity index (χ2n) is 4.31. The summed E-state index contributed by atoms with van der Waals surface area (Å²) in [6.07, 6.45) is 1.48. The number of aromatic nitrogens is 1. The van der Waals surface area contributed by atoms with Gasteiger partial charge in [-0.1, -0.05) is 0 Å². The molecule has 8 heteroatoms. The highest BCUT2D eigenvalue weighted by Crippen LogP contribution is 2.12. The average molecular weight is 284 g/mol. The van der Waals surface area contributed by atoms with Crippen molar-refractivity contribution in [3.05, 3.63) is 29.6 Å². The van der Waals surface area contributed by atoms with E-state index in [1.807, 2.05) is 0 Å². The molecular formula is C11H12N2O5S. The fourth-order valence-electron chi connectivity index (χ4n) is 1.82. The number of hydrogen-bond donors (Lipinski definition) is 2. The molecule has 1 aromatic heterocycles. The van der Waals surface area contributed by atoms with Gasteiger partial charge in [-0.05, 0) is 18.6 Å². The molecule has 19 heavy (non-hydrogen) atoms. The molecule has 1 unspecified atom stereocenters. The van der Waals surface area contributed by atoms with E-state index in [9.17, 15) is 18.0 Å². The van der Waals surface area contributed by atoms with Gasteiger partial charge in [0, 0.05) is 12.2 Å². The third kappa shape index (κ3) is 3.28. The molecule has 2 rings (SSSR count). The lowest BCUT2D eigenvalue weighted by Crippen LogP contribution is -2.36. The van der Waals surface area contributed by atoms with E-state index in [-0.39, 0.29) is 22.8 Å². The first-order chi connectivity index (χ1) is 8.87. The zero-order valence-corrected chi connectivity index (χ0v) is 10.7. The highest BCUT2D eigenvalue weighted by molar-refractivity contribution is 7.91. The van der Waals surface area contributed by atoms with Gasteiger partial charge >= 0.3 is 5.97 Å². The molecule has 1 fully saturated rings. The van der Waals surface area contributed by atoms with Crippen LogP contribution in [-0.4, -0.2) is 47.9 Å². The van der Waals surface area contributed by atoms with Gasteiger partial charge < -0.3 is 10.4 Å². The Morgan fingerprint density at radius 1 is 1.37 bits per heavy atom. The molecule has 1 aliphatic heterocycles. The molecule has 1 atom stereocenters. The maximum absolute atomic E-state index is 11.8. The third-order valence-electron chi connectivity index (χ3n) is 2.81. The quantitative estimate of drug-likeness (QED) is 0.787. The van der Waals surface area contributed by atoms with Crippen molar-refractivity contribution in [2.45, 2.75) is 12.5 Å². The van der Waals surface area contributed by atoms with E-state index in [1.54, 1.807) is 0 Å². The van der Waals surface area contributed by atoms with Gasteiger partial charge in [-0.15, -0.1) is 0 Å². The van der Waals surface area contributed by atoms with E-state index in [4.69, 9.17) is 5.11 Å². The number of carboxylic acids is 1. The first kappa shape index (κ1) is 13.5. The third-order valence-corrected chi connectivity index (χ3v) is 4.58. The maximum atomic E-state index is 11.8. The highest BCUT2D eigenvalue weighted by Gasteiger charge is 2.29. The molecule has 0 radical (unpaired) electrons. The molecule has 2 heterocycles. The van der Waals surface area contributed by atoms with Crippen LogP contribution >= 0.6 is 0 Å². The van der Waals surface area contributed by atoms with Crippen LogP contribution in [0.15, 0.2) is 18.3 Å². The van der Waals surface area contributed by atoms with Crippen LogP contribution in [0.1, 0.15) is 27.3 Å². The summed E-state index contributed by atoms with van der Waals surface area (Å²) in [5.74, 6) is -1.62. The van der Waals surface area contributed by atoms with Crippen molar-refractivity contribution in [2.75, 3.05) is 11.5 Å². The summed E-state index contributed by atoms with van der Waals surface area (Å²) in [5.41, 5.74) is 0.0503. The number of nitrogens with zero attached hydrogens (tertiary/aromatic N) is 1. The Bertz CT molecular complexity index is 608. The highest BCUT2D eigenvalue weighted by atomic mass is 32.2. The van der Waals surface area contributed by atoms with Gasteiger partial charge in [0.1, 0.15) is 5.69 Å². The molecule has 0 spiro atoms. The normalized spacial score (nSPS) is 20.9. The predicted molar refractivity (Wildman–Crippen MR) is 65.7 cm³/mol. The Morgan fingerprint density at radius 3 is 2.58 bits per heavy atom. The Morgan fingerprint density at radius 2 is 2.11 bits per heavy atom. The Kier molecular flexibility index (Phi) is 3.52. The number of amides is 1. The summed E-state index contributed by atoms with van der Waals surface area (Å²) in [4.78, 5) is 26.1. The minimum Gasteiger partial charge on any atom is -0.478 e. The number of carbonyl (C=O) groups excluding carboxylic acids is 1. The molecule has 0 aliphatic carbocycles. The van der Waals surface area contributed by atoms with Crippen molar-refractivity contribution in [2.24, 2.45) is 0 Å². The van der Waals surface area contributed by atoms with Crippen molar-refractivity contribution in [3.8, 4) is 0 Å². The summed E-state index contributed by atoms with van der Waals surface area (Å²) < 4.78 is 22.5. The molecule has 2 N–H and O–H groups in total. The second-order valence-corrected chi connectivity index (χ2v) is 6.54. The van der Waals surface area contributed by atoms with Gasteiger partial charge in [-0.25, -0.2) is 13.2 Å². The van der Waals surface area contributed by atoms with Crippen LogP contribution in [0.5, 0.6) is 0 Å². The zero-order chi connectivity index (χ0) is 14.0. The van der Waals surface area contributed by atoms with Gasteiger partial charge in [0.15, 0.2) is 9.84 Å². The number of sulfone groups is 1. The van der Waals surface area contributed by atoms with Crippen LogP contribution < -0.4 is 5.32 Å². The van der Waals surface area contributed by atoms with Crippen LogP contribution in [0.3, 0.4) is 0 Å². The number of rotatable bonds is 3. The Hall–Kier alpha value is -1.96. The van der Waals surface area contributed by atoms with E-state index in [1.165, 1.54) is 12.1 Å². The minimum absolute atomic E-state index is 0.0139. The number of carbonyl (C=O) groups is 2. The van der Waals surface area contributed by atoms with Crippen molar-refractivity contribution in [3.63, 3.8) is 0 Å². The number of pyridine rings is 1. The second kappa shape index (κ2) is 4.96. The minimum atomic E-state index is -3.05. The fraction of sp³-hybridized carbons (Fsp3) is 0.364. The lowest BCUT2D eigenvalue weighted by Gasteiger charge is -2.10. The van der Waals surface area contributed by atoms with Crippen molar-refractivity contribution in [1.82, 2.24) is 10.3 Å². The average Bonchev–Trinajstić information content (AvgIpc) is 2.68. The molecule has 1 amide bonds. The zero-order valence-electron chi connectivity index (χ0n) is 9.87. The topological polar surface area (TPSA) is 113 Å². The van der Waals surface area contributed by atoms with E-state index < -0.39 is 27.8 Å². The fourth-order valence-corrected chi connectivity index (χ4v) is 3.50. The van der Waals surface area contributed by atoms with Crippen molar-refractivity contribution in [1.29, 1.82) is 0 Å². The summed E-state index contributed by atoms with van der Waals surface area (Å²) in [6, 6.07) is 2.16. The largest absolute Gasteiger partial charge is 0.478 e. The van der Waals surface area contributed by atoms with E-state index >= 15 is 0 Å². The number of aromatic carboxylic acids is 1. The molecular weight excluding hydrogens is 272 g/mol. The van der Waals surface area contributed by atoms with Gasteiger partial charge in [0.05, 0.1) is 17.1 Å². The molecule has 102 valence electrons. The van der Waals surface area contributed by atoms with Gasteiger partial charge in [-0.3, -0.25) is 9.78 Å². The molecule has 1 aliphatic rings. The number of carboxylic acid groups (broad SMARTS) is 1. The molecule has 1 aromatic rings. The van der Waals surface area contributed by atoms with Gasteiger partial charge in [0.25, 0.3) is 5.91 Å². The van der Waals surface area contributed by atoms with Crippen LogP contribution in [0.4, 0.5) is 0 Å². The Balaban J connectivity index is 2.02. The smallest absolute Gasteiger partial charge is 0.337 e.